The van der Waals surface area contributed by atoms with E-state index in [0.717, 1.165) is 24.3 Å². The maximum atomic E-state index is 11.6. The molecule has 8 heteroatoms. The number of anilines is 3. The lowest BCUT2D eigenvalue weighted by Crippen LogP contribution is -2.30. The molecule has 0 bridgehead atoms. The molecule has 1 aromatic carbocycles. The lowest BCUT2D eigenvalue weighted by atomic mass is 10.2. The lowest BCUT2D eigenvalue weighted by Gasteiger charge is -2.19. The van der Waals surface area contributed by atoms with E-state index in [1.807, 2.05) is 18.2 Å². The molecular formula is C16H17N5O3. The first kappa shape index (κ1) is 14.6. The number of amides is 2. The van der Waals surface area contributed by atoms with E-state index in [-0.39, 0.29) is 6.03 Å². The second-order valence-corrected chi connectivity index (χ2v) is 5.66. The molecule has 0 spiro atoms. The predicted octanol–water partition coefficient (Wildman–Crippen LogP) is 2.28. The standard InChI is InChI=1S/C16H17N5O3/c22-16(18-10-1-2-10)19-15-6-5-14(20-21-15)17-11-3-4-12-13(9-11)24-8-7-23-12/h3-6,9-10H,1-2,7-8H2,(H,17,20)(H2,18,19,21,22). The van der Waals surface area contributed by atoms with Gasteiger partial charge in [0.2, 0.25) is 0 Å². The highest BCUT2D eigenvalue weighted by Crippen LogP contribution is 2.33. The Kier molecular flexibility index (Phi) is 3.78. The Labute approximate surface area is 138 Å². The van der Waals surface area contributed by atoms with Crippen LogP contribution in [0.1, 0.15) is 12.8 Å². The van der Waals surface area contributed by atoms with Gasteiger partial charge in [-0.25, -0.2) is 4.79 Å². The van der Waals surface area contributed by atoms with Crippen molar-refractivity contribution in [1.82, 2.24) is 15.5 Å². The minimum Gasteiger partial charge on any atom is -0.486 e. The number of fused-ring (bicyclic) bond motifs is 1. The van der Waals surface area contributed by atoms with Crippen molar-refractivity contribution in [2.24, 2.45) is 0 Å². The number of nitrogens with one attached hydrogen (secondary N) is 3. The van der Waals surface area contributed by atoms with E-state index in [1.54, 1.807) is 12.1 Å². The van der Waals surface area contributed by atoms with Gasteiger partial charge in [-0.05, 0) is 37.1 Å². The van der Waals surface area contributed by atoms with E-state index in [1.165, 1.54) is 0 Å². The number of urea groups is 1. The van der Waals surface area contributed by atoms with E-state index >= 15 is 0 Å². The molecule has 1 aliphatic heterocycles. The Hall–Kier alpha value is -3.03. The minimum absolute atomic E-state index is 0.251. The Balaban J connectivity index is 1.38. The summed E-state index contributed by atoms with van der Waals surface area (Å²) < 4.78 is 11.0. The summed E-state index contributed by atoms with van der Waals surface area (Å²) in [7, 11) is 0. The van der Waals surface area contributed by atoms with Crippen LogP contribution in [-0.4, -0.2) is 35.5 Å². The molecule has 1 fully saturated rings. The molecule has 1 aromatic heterocycles. The summed E-state index contributed by atoms with van der Waals surface area (Å²) in [6.45, 7) is 1.10. The molecular weight excluding hydrogens is 310 g/mol. The van der Waals surface area contributed by atoms with Crippen molar-refractivity contribution in [3.63, 3.8) is 0 Å². The number of carbonyl (C=O) groups excluding carboxylic acids is 1. The molecule has 0 radical (unpaired) electrons. The van der Waals surface area contributed by atoms with Crippen LogP contribution < -0.4 is 25.4 Å². The molecule has 0 saturated heterocycles. The van der Waals surface area contributed by atoms with Crippen LogP contribution in [0.4, 0.5) is 22.1 Å². The van der Waals surface area contributed by atoms with Crippen molar-refractivity contribution in [3.8, 4) is 11.5 Å². The van der Waals surface area contributed by atoms with Crippen LogP contribution in [0.3, 0.4) is 0 Å². The normalized spacial score (nSPS) is 15.5. The van der Waals surface area contributed by atoms with Gasteiger partial charge < -0.3 is 20.1 Å². The zero-order valence-electron chi connectivity index (χ0n) is 12.9. The largest absolute Gasteiger partial charge is 0.486 e. The van der Waals surface area contributed by atoms with Gasteiger partial charge in [0.15, 0.2) is 23.1 Å². The molecule has 0 atom stereocenters. The topological polar surface area (TPSA) is 97.4 Å². The van der Waals surface area contributed by atoms with Gasteiger partial charge in [-0.3, -0.25) is 5.32 Å². The average Bonchev–Trinajstić information content (AvgIpc) is 3.40. The molecule has 4 rings (SSSR count). The minimum atomic E-state index is -0.251. The van der Waals surface area contributed by atoms with Crippen molar-refractivity contribution in [2.45, 2.75) is 18.9 Å². The molecule has 2 aromatic rings. The van der Waals surface area contributed by atoms with Crippen molar-refractivity contribution in [3.05, 3.63) is 30.3 Å². The van der Waals surface area contributed by atoms with E-state index in [2.05, 4.69) is 26.1 Å². The molecule has 2 heterocycles. The van der Waals surface area contributed by atoms with Crippen molar-refractivity contribution >= 4 is 23.4 Å². The fraction of sp³-hybridized carbons (Fsp3) is 0.312. The van der Waals surface area contributed by atoms with Gasteiger partial charge in [-0.1, -0.05) is 0 Å². The highest BCUT2D eigenvalue weighted by atomic mass is 16.6. The number of hydrogen-bond acceptors (Lipinski definition) is 6. The van der Waals surface area contributed by atoms with Gasteiger partial charge in [0, 0.05) is 17.8 Å². The summed E-state index contributed by atoms with van der Waals surface area (Å²) in [6.07, 6.45) is 2.08. The van der Waals surface area contributed by atoms with Gasteiger partial charge >= 0.3 is 6.03 Å². The molecule has 3 N–H and O–H groups in total. The summed E-state index contributed by atoms with van der Waals surface area (Å²) in [5.74, 6) is 2.41. The third-order valence-corrected chi connectivity index (χ3v) is 3.63. The summed E-state index contributed by atoms with van der Waals surface area (Å²) in [4.78, 5) is 11.6. The van der Waals surface area contributed by atoms with Gasteiger partial charge in [0.05, 0.1) is 0 Å². The maximum absolute atomic E-state index is 11.6. The maximum Gasteiger partial charge on any atom is 0.320 e. The van der Waals surface area contributed by atoms with Crippen LogP contribution in [0.5, 0.6) is 11.5 Å². The Morgan fingerprint density at radius 2 is 1.75 bits per heavy atom. The number of rotatable bonds is 4. The SMILES string of the molecule is O=C(Nc1ccc(Nc2ccc3c(c2)OCCO3)nn1)NC1CC1. The van der Waals surface area contributed by atoms with Gasteiger partial charge in [0.1, 0.15) is 13.2 Å². The van der Waals surface area contributed by atoms with Crippen LogP contribution in [-0.2, 0) is 0 Å². The van der Waals surface area contributed by atoms with E-state index < -0.39 is 0 Å². The zero-order valence-corrected chi connectivity index (χ0v) is 12.9. The second-order valence-electron chi connectivity index (χ2n) is 5.66. The van der Waals surface area contributed by atoms with Crippen molar-refractivity contribution < 1.29 is 14.3 Å². The number of hydrogen-bond donors (Lipinski definition) is 3. The third kappa shape index (κ3) is 3.48. The first-order valence-corrected chi connectivity index (χ1v) is 7.84. The molecule has 2 aliphatic rings. The number of ether oxygens (including phenoxy) is 2. The first-order valence-electron chi connectivity index (χ1n) is 7.84. The molecule has 1 aliphatic carbocycles. The van der Waals surface area contributed by atoms with Crippen LogP contribution in [0.25, 0.3) is 0 Å². The second kappa shape index (κ2) is 6.23. The van der Waals surface area contributed by atoms with E-state index in [9.17, 15) is 4.79 Å². The average molecular weight is 327 g/mol. The summed E-state index contributed by atoms with van der Waals surface area (Å²) >= 11 is 0. The van der Waals surface area contributed by atoms with Gasteiger partial charge in [-0.2, -0.15) is 0 Å². The lowest BCUT2D eigenvalue weighted by molar-refractivity contribution is 0.171. The number of nitrogens with zero attached hydrogens (tertiary/aromatic N) is 2. The highest BCUT2D eigenvalue weighted by molar-refractivity contribution is 5.88. The summed E-state index contributed by atoms with van der Waals surface area (Å²) in [5.41, 5.74) is 0.820. The van der Waals surface area contributed by atoms with Crippen molar-refractivity contribution in [2.75, 3.05) is 23.8 Å². The Morgan fingerprint density at radius 3 is 2.50 bits per heavy atom. The molecule has 2 amide bonds. The number of carbonyl (C=O) groups is 1. The van der Waals surface area contributed by atoms with Gasteiger partial charge in [0.25, 0.3) is 0 Å². The predicted molar refractivity (Wildman–Crippen MR) is 87.9 cm³/mol. The number of aromatic nitrogens is 2. The van der Waals surface area contributed by atoms with E-state index in [4.69, 9.17) is 9.47 Å². The van der Waals surface area contributed by atoms with Crippen molar-refractivity contribution in [1.29, 1.82) is 0 Å². The molecule has 0 unspecified atom stereocenters. The zero-order chi connectivity index (χ0) is 16.4. The monoisotopic (exact) mass is 327 g/mol. The molecule has 24 heavy (non-hydrogen) atoms. The van der Waals surface area contributed by atoms with Crippen LogP contribution in [0.2, 0.25) is 0 Å². The van der Waals surface area contributed by atoms with Gasteiger partial charge in [-0.15, -0.1) is 10.2 Å². The quantitative estimate of drug-likeness (QED) is 0.797. The highest BCUT2D eigenvalue weighted by Gasteiger charge is 2.23. The molecule has 8 nitrogen and oxygen atoms in total. The number of benzene rings is 1. The first-order chi connectivity index (χ1) is 11.8. The third-order valence-electron chi connectivity index (χ3n) is 3.63. The summed E-state index contributed by atoms with van der Waals surface area (Å²) in [5, 5.41) is 16.7. The van der Waals surface area contributed by atoms with E-state index in [0.29, 0.717) is 36.6 Å². The van der Waals surface area contributed by atoms with Crippen LogP contribution in [0, 0.1) is 0 Å². The smallest absolute Gasteiger partial charge is 0.320 e. The van der Waals surface area contributed by atoms with Crippen LogP contribution >= 0.6 is 0 Å². The Bertz CT molecular complexity index is 746. The fourth-order valence-corrected chi connectivity index (χ4v) is 2.30. The molecule has 1 saturated carbocycles. The Morgan fingerprint density at radius 1 is 1.00 bits per heavy atom. The van der Waals surface area contributed by atoms with Crippen LogP contribution in [0.15, 0.2) is 30.3 Å². The molecule has 124 valence electrons. The summed E-state index contributed by atoms with van der Waals surface area (Å²) in [6, 6.07) is 9.07. The fourth-order valence-electron chi connectivity index (χ4n) is 2.30.